The number of ketones is 1. The molecule has 4 aliphatic carbocycles. The van der Waals surface area contributed by atoms with Crippen molar-refractivity contribution in [3.05, 3.63) is 52.6 Å². The molecular weight excluding hydrogens is 378 g/mol. The molecule has 2 nitrogen and oxygen atoms in total. The molecule has 0 bridgehead atoms. The molecule has 2 fully saturated rings. The van der Waals surface area contributed by atoms with Crippen molar-refractivity contribution < 1.29 is 4.79 Å². The van der Waals surface area contributed by atoms with E-state index in [9.17, 15) is 4.79 Å². The van der Waals surface area contributed by atoms with Crippen LogP contribution in [0.4, 0.5) is 5.69 Å². The van der Waals surface area contributed by atoms with Crippen molar-refractivity contribution in [2.75, 3.05) is 19.0 Å². The zero-order valence-corrected chi connectivity index (χ0v) is 19.5. The molecule has 0 aliphatic heterocycles. The predicted octanol–water partition coefficient (Wildman–Crippen LogP) is 6.29. The molecule has 0 unspecified atom stereocenters. The van der Waals surface area contributed by atoms with Crippen LogP contribution in [0, 0.1) is 35.0 Å². The number of allylic oxidation sites excluding steroid dienone is 4. The Kier molecular flexibility index (Phi) is 5.12. The standard InChI is InChI=1S/C29H35NO/c1-5-6-21-10-16-27-25-14-9-20-17-23(31)13-15-24(20)28(25)26(18-29(21,27)2)19-7-11-22(12-8-19)30(3)4/h7-8,11-12,17,21,25-27H,9-10,13-16,18H2,1-4H3/t21-,25-,26+,27-,29+/m0/s1. The largest absolute Gasteiger partial charge is 0.378 e. The Hall–Kier alpha value is -2.27. The Morgan fingerprint density at radius 2 is 1.81 bits per heavy atom. The lowest BCUT2D eigenvalue weighted by Crippen LogP contribution is -2.43. The minimum absolute atomic E-state index is 0.286. The first-order chi connectivity index (χ1) is 14.9. The lowest BCUT2D eigenvalue weighted by atomic mass is 9.52. The second-order valence-corrected chi connectivity index (χ2v) is 10.6. The number of carbonyl (C=O) groups is 1. The van der Waals surface area contributed by atoms with E-state index in [1.165, 1.54) is 42.5 Å². The second-order valence-electron chi connectivity index (χ2n) is 10.6. The van der Waals surface area contributed by atoms with Crippen LogP contribution < -0.4 is 4.90 Å². The van der Waals surface area contributed by atoms with Gasteiger partial charge in [-0.05, 0) is 97.6 Å². The van der Waals surface area contributed by atoms with E-state index in [4.69, 9.17) is 0 Å². The van der Waals surface area contributed by atoms with Gasteiger partial charge in [0, 0.05) is 38.0 Å². The van der Waals surface area contributed by atoms with Crippen LogP contribution in [0.2, 0.25) is 0 Å². The van der Waals surface area contributed by atoms with E-state index in [0.29, 0.717) is 30.0 Å². The number of benzene rings is 1. The summed E-state index contributed by atoms with van der Waals surface area (Å²) in [6, 6.07) is 9.25. The zero-order valence-electron chi connectivity index (χ0n) is 19.5. The maximum Gasteiger partial charge on any atom is 0.156 e. The Morgan fingerprint density at radius 1 is 1.03 bits per heavy atom. The first-order valence-corrected chi connectivity index (χ1v) is 12.1. The van der Waals surface area contributed by atoms with Crippen molar-refractivity contribution in [1.29, 1.82) is 0 Å². The Bertz CT molecular complexity index is 1020. The Labute approximate surface area is 187 Å². The van der Waals surface area contributed by atoms with E-state index in [0.717, 1.165) is 18.8 Å². The molecule has 0 spiro atoms. The third kappa shape index (κ3) is 3.29. The summed E-state index contributed by atoms with van der Waals surface area (Å²) in [5.74, 6) is 9.54. The molecule has 2 heteroatoms. The van der Waals surface area contributed by atoms with Crippen LogP contribution in [-0.4, -0.2) is 19.9 Å². The monoisotopic (exact) mass is 413 g/mol. The van der Waals surface area contributed by atoms with Gasteiger partial charge in [-0.25, -0.2) is 0 Å². The summed E-state index contributed by atoms with van der Waals surface area (Å²) in [5, 5.41) is 0. The molecular formula is C29H35NO. The van der Waals surface area contributed by atoms with E-state index in [1.54, 1.807) is 11.1 Å². The number of hydrogen-bond donors (Lipinski definition) is 0. The highest BCUT2D eigenvalue weighted by Crippen LogP contribution is 2.65. The van der Waals surface area contributed by atoms with Crippen LogP contribution in [0.25, 0.3) is 0 Å². The summed E-state index contributed by atoms with van der Waals surface area (Å²) >= 11 is 0. The number of rotatable bonds is 2. The molecule has 0 heterocycles. The van der Waals surface area contributed by atoms with Crippen LogP contribution in [-0.2, 0) is 4.79 Å². The first kappa shape index (κ1) is 20.6. The van der Waals surface area contributed by atoms with Gasteiger partial charge in [0.15, 0.2) is 5.78 Å². The fourth-order valence-corrected chi connectivity index (χ4v) is 7.37. The lowest BCUT2D eigenvalue weighted by Gasteiger charge is -2.52. The molecule has 1 aromatic carbocycles. The van der Waals surface area contributed by atoms with Crippen LogP contribution in [0.1, 0.15) is 70.3 Å². The van der Waals surface area contributed by atoms with Gasteiger partial charge < -0.3 is 4.90 Å². The summed E-state index contributed by atoms with van der Waals surface area (Å²) in [5.41, 5.74) is 7.57. The molecule has 0 saturated heterocycles. The van der Waals surface area contributed by atoms with Gasteiger partial charge in [-0.3, -0.25) is 4.79 Å². The maximum atomic E-state index is 12.2. The lowest BCUT2D eigenvalue weighted by molar-refractivity contribution is -0.114. The quantitative estimate of drug-likeness (QED) is 0.531. The van der Waals surface area contributed by atoms with Gasteiger partial charge in [-0.2, -0.15) is 0 Å². The van der Waals surface area contributed by atoms with Crippen LogP contribution in [0.5, 0.6) is 0 Å². The second kappa shape index (κ2) is 7.70. The molecule has 0 amide bonds. The average Bonchev–Trinajstić information content (AvgIpc) is 3.09. The number of fused-ring (bicyclic) bond motifs is 4. The molecule has 1 aromatic rings. The third-order valence-corrected chi connectivity index (χ3v) is 8.86. The highest BCUT2D eigenvalue weighted by atomic mass is 16.1. The topological polar surface area (TPSA) is 20.3 Å². The van der Waals surface area contributed by atoms with Crippen molar-refractivity contribution in [2.24, 2.45) is 23.2 Å². The molecule has 5 rings (SSSR count). The van der Waals surface area contributed by atoms with Crippen LogP contribution >= 0.6 is 0 Å². The van der Waals surface area contributed by atoms with Crippen molar-refractivity contribution in [1.82, 2.24) is 0 Å². The first-order valence-electron chi connectivity index (χ1n) is 12.1. The minimum Gasteiger partial charge on any atom is -0.378 e. The van der Waals surface area contributed by atoms with E-state index in [-0.39, 0.29) is 5.41 Å². The van der Waals surface area contributed by atoms with Crippen molar-refractivity contribution in [2.45, 2.75) is 64.7 Å². The smallest absolute Gasteiger partial charge is 0.156 e. The molecule has 0 aromatic heterocycles. The Morgan fingerprint density at radius 3 is 2.52 bits per heavy atom. The normalized spacial score (nSPS) is 34.2. The van der Waals surface area contributed by atoms with Gasteiger partial charge in [-0.15, -0.1) is 5.92 Å². The van der Waals surface area contributed by atoms with Gasteiger partial charge in [0.1, 0.15) is 0 Å². The van der Waals surface area contributed by atoms with Gasteiger partial charge in [0.2, 0.25) is 0 Å². The average molecular weight is 414 g/mol. The van der Waals surface area contributed by atoms with Crippen molar-refractivity contribution >= 4 is 11.5 Å². The number of anilines is 1. The zero-order chi connectivity index (χ0) is 21.8. The molecule has 0 N–H and O–H groups in total. The van der Waals surface area contributed by atoms with Crippen molar-refractivity contribution in [3.63, 3.8) is 0 Å². The summed E-state index contributed by atoms with van der Waals surface area (Å²) in [6.45, 7) is 4.54. The summed E-state index contributed by atoms with van der Waals surface area (Å²) in [6.07, 6.45) is 9.64. The highest BCUT2D eigenvalue weighted by Gasteiger charge is 2.56. The van der Waals surface area contributed by atoms with Crippen LogP contribution in [0.3, 0.4) is 0 Å². The van der Waals surface area contributed by atoms with E-state index in [1.807, 2.05) is 13.0 Å². The molecule has 0 radical (unpaired) electrons. The number of hydrogen-bond acceptors (Lipinski definition) is 2. The molecule has 5 atom stereocenters. The van der Waals surface area contributed by atoms with Crippen molar-refractivity contribution in [3.8, 4) is 11.8 Å². The molecule has 4 aliphatic rings. The predicted molar refractivity (Wildman–Crippen MR) is 128 cm³/mol. The summed E-state index contributed by atoms with van der Waals surface area (Å²) in [4.78, 5) is 14.3. The fourth-order valence-electron chi connectivity index (χ4n) is 7.37. The van der Waals surface area contributed by atoms with Gasteiger partial charge in [0.25, 0.3) is 0 Å². The van der Waals surface area contributed by atoms with E-state index < -0.39 is 0 Å². The van der Waals surface area contributed by atoms with Gasteiger partial charge in [0.05, 0.1) is 0 Å². The SMILES string of the molecule is CC#C[C@H]1CC[C@H]2[C@@H]3CCC4=CC(=O)CCC4=C3[C@@H](c3ccc(N(C)C)cc3)C[C@]12C. The highest BCUT2D eigenvalue weighted by molar-refractivity contribution is 5.93. The number of nitrogens with zero attached hydrogens (tertiary/aromatic N) is 1. The minimum atomic E-state index is 0.286. The Balaban J connectivity index is 1.64. The van der Waals surface area contributed by atoms with E-state index >= 15 is 0 Å². The van der Waals surface area contributed by atoms with E-state index in [2.05, 4.69) is 62.0 Å². The van der Waals surface area contributed by atoms with Gasteiger partial charge >= 0.3 is 0 Å². The summed E-state index contributed by atoms with van der Waals surface area (Å²) < 4.78 is 0. The number of carbonyl (C=O) groups excluding carboxylic acids is 1. The maximum absolute atomic E-state index is 12.2. The fraction of sp³-hybridized carbons (Fsp3) is 0.552. The molecule has 31 heavy (non-hydrogen) atoms. The molecule has 2 saturated carbocycles. The molecule has 162 valence electrons. The van der Waals surface area contributed by atoms with Crippen LogP contribution in [0.15, 0.2) is 47.1 Å². The third-order valence-electron chi connectivity index (χ3n) is 8.86. The summed E-state index contributed by atoms with van der Waals surface area (Å²) in [7, 11) is 4.21. The van der Waals surface area contributed by atoms with Gasteiger partial charge in [-0.1, -0.05) is 30.6 Å².